The standard InChI is InChI=1S/C13H23BrN2/c1-3-15-11-7-12-5-4-6-13(8-11)16(12)9-10(2)14/h11-13,15H,2-9H2,1H3. The Morgan fingerprint density at radius 3 is 2.50 bits per heavy atom. The highest BCUT2D eigenvalue weighted by Gasteiger charge is 2.37. The summed E-state index contributed by atoms with van der Waals surface area (Å²) in [5.41, 5.74) is 0. The maximum Gasteiger partial charge on any atom is 0.0299 e. The molecule has 2 nitrogen and oxygen atoms in total. The van der Waals surface area contributed by atoms with Crippen LogP contribution in [0.2, 0.25) is 0 Å². The van der Waals surface area contributed by atoms with Crippen LogP contribution < -0.4 is 5.32 Å². The molecule has 2 unspecified atom stereocenters. The molecule has 92 valence electrons. The van der Waals surface area contributed by atoms with Crippen LogP contribution in [0.3, 0.4) is 0 Å². The van der Waals surface area contributed by atoms with E-state index in [4.69, 9.17) is 0 Å². The lowest BCUT2D eigenvalue weighted by molar-refractivity contribution is 0.0348. The summed E-state index contributed by atoms with van der Waals surface area (Å²) in [4.78, 5) is 2.68. The number of rotatable bonds is 4. The molecule has 2 saturated heterocycles. The van der Waals surface area contributed by atoms with Gasteiger partial charge in [0.15, 0.2) is 0 Å². The zero-order valence-corrected chi connectivity index (χ0v) is 11.8. The summed E-state index contributed by atoms with van der Waals surface area (Å²) in [6.45, 7) is 8.34. The molecular formula is C13H23BrN2. The molecule has 2 fully saturated rings. The van der Waals surface area contributed by atoms with E-state index >= 15 is 0 Å². The van der Waals surface area contributed by atoms with Crippen LogP contribution in [0.15, 0.2) is 11.1 Å². The summed E-state index contributed by atoms with van der Waals surface area (Å²) in [7, 11) is 0. The maximum absolute atomic E-state index is 3.99. The fraction of sp³-hybridized carbons (Fsp3) is 0.846. The topological polar surface area (TPSA) is 15.3 Å². The van der Waals surface area contributed by atoms with Gasteiger partial charge in [0.2, 0.25) is 0 Å². The Morgan fingerprint density at radius 2 is 2.00 bits per heavy atom. The summed E-state index contributed by atoms with van der Waals surface area (Å²) in [5, 5.41) is 3.63. The van der Waals surface area contributed by atoms with Gasteiger partial charge >= 0.3 is 0 Å². The minimum Gasteiger partial charge on any atom is -0.314 e. The second-order valence-corrected chi connectivity index (χ2v) is 6.28. The largest absolute Gasteiger partial charge is 0.314 e. The van der Waals surface area contributed by atoms with Gasteiger partial charge in [-0.15, -0.1) is 0 Å². The van der Waals surface area contributed by atoms with Gasteiger partial charge in [0.1, 0.15) is 0 Å². The van der Waals surface area contributed by atoms with Gasteiger partial charge in [-0.2, -0.15) is 0 Å². The normalized spacial score (nSPS) is 35.0. The molecule has 0 aromatic carbocycles. The number of hydrogen-bond donors (Lipinski definition) is 1. The molecule has 0 aliphatic carbocycles. The van der Waals surface area contributed by atoms with Gasteiger partial charge in [0.25, 0.3) is 0 Å². The van der Waals surface area contributed by atoms with Gasteiger partial charge in [-0.3, -0.25) is 4.90 Å². The van der Waals surface area contributed by atoms with Crippen LogP contribution in [0, 0.1) is 0 Å². The van der Waals surface area contributed by atoms with Crippen molar-refractivity contribution in [3.8, 4) is 0 Å². The molecule has 0 saturated carbocycles. The molecule has 1 N–H and O–H groups in total. The van der Waals surface area contributed by atoms with Crippen molar-refractivity contribution in [1.82, 2.24) is 10.2 Å². The van der Waals surface area contributed by atoms with Crippen molar-refractivity contribution in [3.05, 3.63) is 11.1 Å². The van der Waals surface area contributed by atoms with Gasteiger partial charge in [0, 0.05) is 29.2 Å². The van der Waals surface area contributed by atoms with Gasteiger partial charge in [-0.05, 0) is 32.2 Å². The first-order valence-electron chi connectivity index (χ1n) is 6.53. The van der Waals surface area contributed by atoms with Crippen molar-refractivity contribution in [2.45, 2.75) is 57.2 Å². The van der Waals surface area contributed by atoms with E-state index < -0.39 is 0 Å². The SMILES string of the molecule is C=C(Br)CN1C2CCCC1CC(NCC)C2. The average Bonchev–Trinajstić information content (AvgIpc) is 2.18. The van der Waals surface area contributed by atoms with Crippen LogP contribution in [0.5, 0.6) is 0 Å². The number of fused-ring (bicyclic) bond motifs is 2. The van der Waals surface area contributed by atoms with Crippen molar-refractivity contribution >= 4 is 15.9 Å². The molecule has 0 spiro atoms. The van der Waals surface area contributed by atoms with Crippen LogP contribution >= 0.6 is 15.9 Å². The molecule has 2 heterocycles. The van der Waals surface area contributed by atoms with Crippen molar-refractivity contribution in [2.24, 2.45) is 0 Å². The van der Waals surface area contributed by atoms with Gasteiger partial charge in [0.05, 0.1) is 0 Å². The summed E-state index contributed by atoms with van der Waals surface area (Å²) >= 11 is 3.51. The minimum absolute atomic E-state index is 0.750. The third-order valence-electron chi connectivity index (χ3n) is 3.97. The smallest absolute Gasteiger partial charge is 0.0299 e. The van der Waals surface area contributed by atoms with Crippen molar-refractivity contribution < 1.29 is 0 Å². The molecule has 0 aromatic heterocycles. The van der Waals surface area contributed by atoms with E-state index in [0.29, 0.717) is 0 Å². The monoisotopic (exact) mass is 286 g/mol. The predicted molar refractivity (Wildman–Crippen MR) is 72.9 cm³/mol. The van der Waals surface area contributed by atoms with Crippen molar-refractivity contribution in [1.29, 1.82) is 0 Å². The summed E-state index contributed by atoms with van der Waals surface area (Å²) in [6.07, 6.45) is 6.81. The Hall–Kier alpha value is 0.140. The molecule has 3 heteroatoms. The molecule has 2 atom stereocenters. The Morgan fingerprint density at radius 1 is 1.38 bits per heavy atom. The number of halogens is 1. The third kappa shape index (κ3) is 2.88. The van der Waals surface area contributed by atoms with Crippen molar-refractivity contribution in [3.63, 3.8) is 0 Å². The number of nitrogens with zero attached hydrogens (tertiary/aromatic N) is 1. The van der Waals surface area contributed by atoms with Crippen molar-refractivity contribution in [2.75, 3.05) is 13.1 Å². The van der Waals surface area contributed by atoms with Gasteiger partial charge < -0.3 is 5.32 Å². The number of hydrogen-bond acceptors (Lipinski definition) is 2. The van der Waals surface area contributed by atoms with E-state index in [1.165, 1.54) is 32.1 Å². The van der Waals surface area contributed by atoms with Crippen LogP contribution in [0.25, 0.3) is 0 Å². The molecule has 0 radical (unpaired) electrons. The van der Waals surface area contributed by atoms with E-state index in [2.05, 4.69) is 39.6 Å². The quantitative estimate of drug-likeness (QED) is 0.855. The Balaban J connectivity index is 1.99. The number of piperidine rings is 2. The first-order valence-corrected chi connectivity index (χ1v) is 7.32. The highest BCUT2D eigenvalue weighted by Crippen LogP contribution is 2.34. The molecular weight excluding hydrogens is 264 g/mol. The molecule has 2 rings (SSSR count). The van der Waals surface area contributed by atoms with Crippen LogP contribution in [0.4, 0.5) is 0 Å². The van der Waals surface area contributed by atoms with Gasteiger partial charge in [-0.1, -0.05) is 35.9 Å². The highest BCUT2D eigenvalue weighted by atomic mass is 79.9. The predicted octanol–water partition coefficient (Wildman–Crippen LogP) is 2.89. The second kappa shape index (κ2) is 5.65. The maximum atomic E-state index is 3.99. The first-order chi connectivity index (χ1) is 7.70. The third-order valence-corrected chi connectivity index (χ3v) is 4.22. The van der Waals surface area contributed by atoms with E-state index in [0.717, 1.165) is 35.7 Å². The first kappa shape index (κ1) is 12.6. The Kier molecular flexibility index (Phi) is 4.45. The minimum atomic E-state index is 0.750. The van der Waals surface area contributed by atoms with Gasteiger partial charge in [-0.25, -0.2) is 0 Å². The lowest BCUT2D eigenvalue weighted by Gasteiger charge is -2.49. The zero-order valence-electron chi connectivity index (χ0n) is 10.2. The average molecular weight is 287 g/mol. The second-order valence-electron chi connectivity index (χ2n) is 5.15. The fourth-order valence-corrected chi connectivity index (χ4v) is 3.68. The molecule has 16 heavy (non-hydrogen) atoms. The van der Waals surface area contributed by atoms with E-state index in [1.54, 1.807) is 0 Å². The molecule has 2 aliphatic rings. The molecule has 2 bridgehead atoms. The molecule has 2 aliphatic heterocycles. The zero-order chi connectivity index (χ0) is 11.5. The molecule has 0 amide bonds. The van der Waals surface area contributed by atoms with Crippen LogP contribution in [0.1, 0.15) is 39.0 Å². The Labute approximate surface area is 108 Å². The molecule has 0 aromatic rings. The Bertz CT molecular complexity index is 240. The lowest BCUT2D eigenvalue weighted by atomic mass is 9.81. The summed E-state index contributed by atoms with van der Waals surface area (Å²) in [5.74, 6) is 0. The fourth-order valence-electron chi connectivity index (χ4n) is 3.39. The van der Waals surface area contributed by atoms with E-state index in [-0.39, 0.29) is 0 Å². The highest BCUT2D eigenvalue weighted by molar-refractivity contribution is 9.11. The van der Waals surface area contributed by atoms with E-state index in [9.17, 15) is 0 Å². The van der Waals surface area contributed by atoms with Crippen LogP contribution in [-0.4, -0.2) is 36.1 Å². The van der Waals surface area contributed by atoms with Crippen LogP contribution in [-0.2, 0) is 0 Å². The van der Waals surface area contributed by atoms with E-state index in [1.807, 2.05) is 0 Å². The summed E-state index contributed by atoms with van der Waals surface area (Å²) in [6, 6.07) is 2.32. The lowest BCUT2D eigenvalue weighted by Crippen LogP contribution is -2.56. The summed E-state index contributed by atoms with van der Waals surface area (Å²) < 4.78 is 1.13. The number of nitrogens with one attached hydrogen (secondary N) is 1.